The van der Waals surface area contributed by atoms with Crippen LogP contribution < -0.4 is 10.6 Å². The predicted octanol–water partition coefficient (Wildman–Crippen LogP) is 2.38. The Morgan fingerprint density at radius 1 is 1.04 bits per heavy atom. The Morgan fingerprint density at radius 2 is 1.67 bits per heavy atom. The van der Waals surface area contributed by atoms with Crippen molar-refractivity contribution < 1.29 is 14.3 Å². The average Bonchev–Trinajstić information content (AvgIpc) is 2.57. The van der Waals surface area contributed by atoms with Gasteiger partial charge in [0, 0.05) is 19.2 Å². The third-order valence-corrected chi connectivity index (χ3v) is 5.06. The summed E-state index contributed by atoms with van der Waals surface area (Å²) < 4.78 is 5.70. The number of hydrogen-bond acceptors (Lipinski definition) is 6. The molecule has 0 aliphatic heterocycles. The van der Waals surface area contributed by atoms with E-state index in [2.05, 4.69) is 24.5 Å². The van der Waals surface area contributed by atoms with Gasteiger partial charge in [-0.15, -0.1) is 0 Å². The van der Waals surface area contributed by atoms with Gasteiger partial charge in [0.05, 0.1) is 12.6 Å². The van der Waals surface area contributed by atoms with Gasteiger partial charge in [0.2, 0.25) is 11.0 Å². The first-order valence-corrected chi connectivity index (χ1v) is 11.2. The second kappa shape index (κ2) is 14.4. The quantitative estimate of drug-likeness (QED) is 0.434. The van der Waals surface area contributed by atoms with Gasteiger partial charge < -0.3 is 15.4 Å². The van der Waals surface area contributed by atoms with E-state index in [-0.39, 0.29) is 28.9 Å². The fourth-order valence-electron chi connectivity index (χ4n) is 2.89. The van der Waals surface area contributed by atoms with Gasteiger partial charge in [0.25, 0.3) is 0 Å². The molecule has 2 atom stereocenters. The molecule has 0 spiro atoms. The van der Waals surface area contributed by atoms with Gasteiger partial charge in [0.15, 0.2) is 0 Å². The van der Waals surface area contributed by atoms with Gasteiger partial charge in [0.1, 0.15) is 6.04 Å². The zero-order valence-electron chi connectivity index (χ0n) is 18.5. The molecule has 0 fully saturated rings. The van der Waals surface area contributed by atoms with Gasteiger partial charge in [-0.05, 0) is 38.1 Å². The molecule has 0 rings (SSSR count). The number of carbonyl (C=O) groups excluding carboxylic acids is 2. The lowest BCUT2D eigenvalue weighted by Gasteiger charge is -2.32. The van der Waals surface area contributed by atoms with Crippen LogP contribution in [0.3, 0.4) is 0 Å². The number of likely N-dealkylation sites (N-methyl/N-ethyl adjacent to an activating group) is 1. The number of nitrogens with one attached hydrogen (secondary N) is 2. The third-order valence-electron chi connectivity index (χ3n) is 4.40. The van der Waals surface area contributed by atoms with Gasteiger partial charge in [-0.1, -0.05) is 53.3 Å². The maximum Gasteiger partial charge on any atom is 0.238 e. The molecule has 0 unspecified atom stereocenters. The van der Waals surface area contributed by atoms with E-state index >= 15 is 0 Å². The summed E-state index contributed by atoms with van der Waals surface area (Å²) in [6, 6.07) is -0.243. The van der Waals surface area contributed by atoms with Crippen LogP contribution >= 0.6 is 11.8 Å². The first-order chi connectivity index (χ1) is 12.6. The number of amides is 1. The van der Waals surface area contributed by atoms with E-state index in [0.29, 0.717) is 25.8 Å². The highest BCUT2D eigenvalue weighted by atomic mass is 32.2. The van der Waals surface area contributed by atoms with Crippen molar-refractivity contribution in [2.45, 2.75) is 66.1 Å². The highest BCUT2D eigenvalue weighted by Gasteiger charge is 2.31. The molecule has 1 amide bonds. The highest BCUT2D eigenvalue weighted by Crippen LogP contribution is 2.14. The van der Waals surface area contributed by atoms with Crippen molar-refractivity contribution in [2.75, 3.05) is 39.6 Å². The molecule has 0 aromatic heterocycles. The Balaban J connectivity index is 4.50. The molecule has 27 heavy (non-hydrogen) atoms. The molecule has 0 radical (unpaired) electrons. The number of thioether (sulfide) groups is 1. The van der Waals surface area contributed by atoms with E-state index in [1.807, 2.05) is 39.6 Å². The standard InChI is InChI=1S/C20H41N3O3S/c1-14(2)17(20(25)27-8)22-19(24)18(15(3)4)23(7)11-13-26-12-9-10-21-16(5)6/h14-18,21H,9-13H2,1-8H3,(H,22,24)/t17-,18-/m0/s1. The number of rotatable bonds is 14. The van der Waals surface area contributed by atoms with Gasteiger partial charge in [-0.3, -0.25) is 14.5 Å². The molecular formula is C20H41N3O3S. The zero-order valence-corrected chi connectivity index (χ0v) is 19.3. The van der Waals surface area contributed by atoms with Gasteiger partial charge in [-0.25, -0.2) is 0 Å². The Kier molecular flexibility index (Phi) is 14.0. The van der Waals surface area contributed by atoms with Crippen LogP contribution in [0.5, 0.6) is 0 Å². The minimum atomic E-state index is -0.452. The average molecular weight is 404 g/mol. The van der Waals surface area contributed by atoms with Crippen LogP contribution in [-0.2, 0) is 14.3 Å². The Labute approximate surface area is 170 Å². The minimum Gasteiger partial charge on any atom is -0.380 e. The van der Waals surface area contributed by atoms with E-state index in [0.717, 1.165) is 24.7 Å². The smallest absolute Gasteiger partial charge is 0.238 e. The van der Waals surface area contributed by atoms with Crippen LogP contribution in [-0.4, -0.2) is 73.7 Å². The molecule has 0 aliphatic carbocycles. The van der Waals surface area contributed by atoms with Gasteiger partial charge in [-0.2, -0.15) is 0 Å². The third kappa shape index (κ3) is 11.1. The number of carbonyl (C=O) groups is 2. The molecule has 0 aromatic rings. The monoisotopic (exact) mass is 403 g/mol. The first kappa shape index (κ1) is 26.4. The van der Waals surface area contributed by atoms with Crippen LogP contribution in [0, 0.1) is 11.8 Å². The maximum absolute atomic E-state index is 12.8. The van der Waals surface area contributed by atoms with E-state index in [1.165, 1.54) is 0 Å². The number of nitrogens with zero attached hydrogens (tertiary/aromatic N) is 1. The first-order valence-electron chi connectivity index (χ1n) is 10.0. The normalized spacial score (nSPS) is 14.2. The predicted molar refractivity (Wildman–Crippen MR) is 115 cm³/mol. The largest absolute Gasteiger partial charge is 0.380 e. The fraction of sp³-hybridized carbons (Fsp3) is 0.900. The van der Waals surface area contributed by atoms with Crippen molar-refractivity contribution >= 4 is 22.8 Å². The molecule has 6 nitrogen and oxygen atoms in total. The van der Waals surface area contributed by atoms with E-state index in [1.54, 1.807) is 6.26 Å². The minimum absolute atomic E-state index is 0.00171. The van der Waals surface area contributed by atoms with E-state index in [4.69, 9.17) is 4.74 Å². The van der Waals surface area contributed by atoms with Crippen LogP contribution in [0.15, 0.2) is 0 Å². The highest BCUT2D eigenvalue weighted by molar-refractivity contribution is 8.13. The van der Waals surface area contributed by atoms with Crippen LogP contribution in [0.1, 0.15) is 48.0 Å². The summed E-state index contributed by atoms with van der Waals surface area (Å²) in [5.74, 6) is 0.118. The summed E-state index contributed by atoms with van der Waals surface area (Å²) in [4.78, 5) is 27.0. The summed E-state index contributed by atoms with van der Waals surface area (Å²) in [6.07, 6.45) is 2.73. The lowest BCUT2D eigenvalue weighted by atomic mass is 9.99. The molecule has 0 saturated heterocycles. The second-order valence-electron chi connectivity index (χ2n) is 8.00. The second-order valence-corrected chi connectivity index (χ2v) is 8.81. The zero-order chi connectivity index (χ0) is 21.0. The molecule has 0 aliphatic rings. The van der Waals surface area contributed by atoms with E-state index in [9.17, 15) is 9.59 Å². The van der Waals surface area contributed by atoms with Crippen LogP contribution in [0.2, 0.25) is 0 Å². The topological polar surface area (TPSA) is 70.7 Å². The van der Waals surface area contributed by atoms with Crippen molar-refractivity contribution in [2.24, 2.45) is 11.8 Å². The summed E-state index contributed by atoms with van der Waals surface area (Å²) >= 11 is 1.16. The van der Waals surface area contributed by atoms with E-state index < -0.39 is 6.04 Å². The molecule has 0 heterocycles. The summed E-state index contributed by atoms with van der Waals surface area (Å²) in [5.41, 5.74) is 0. The maximum atomic E-state index is 12.8. The molecule has 160 valence electrons. The summed E-state index contributed by atoms with van der Waals surface area (Å²) in [5, 5.41) is 6.32. The van der Waals surface area contributed by atoms with Crippen LogP contribution in [0.4, 0.5) is 0 Å². The molecule has 0 aromatic carbocycles. The van der Waals surface area contributed by atoms with Crippen LogP contribution in [0.25, 0.3) is 0 Å². The van der Waals surface area contributed by atoms with Crippen molar-refractivity contribution in [1.29, 1.82) is 0 Å². The molecule has 0 bridgehead atoms. The summed E-state index contributed by atoms with van der Waals surface area (Å²) in [6.45, 7) is 15.1. The Bertz CT molecular complexity index is 431. The molecule has 7 heteroatoms. The lowest BCUT2D eigenvalue weighted by Crippen LogP contribution is -2.54. The Hall–Kier alpha value is -0.630. The lowest BCUT2D eigenvalue weighted by molar-refractivity contribution is -0.131. The van der Waals surface area contributed by atoms with Gasteiger partial charge >= 0.3 is 0 Å². The Morgan fingerprint density at radius 3 is 2.15 bits per heavy atom. The summed E-state index contributed by atoms with van der Waals surface area (Å²) in [7, 11) is 1.94. The van der Waals surface area contributed by atoms with Crippen molar-refractivity contribution in [3.05, 3.63) is 0 Å². The SMILES string of the molecule is CSC(=O)[C@@H](NC(=O)[C@H](C(C)C)N(C)CCOCCCNC(C)C)C(C)C. The molecule has 2 N–H and O–H groups in total. The molecule has 0 saturated carbocycles. The van der Waals surface area contributed by atoms with Crippen molar-refractivity contribution in [1.82, 2.24) is 15.5 Å². The van der Waals surface area contributed by atoms with Crippen molar-refractivity contribution in [3.63, 3.8) is 0 Å². The van der Waals surface area contributed by atoms with Crippen molar-refractivity contribution in [3.8, 4) is 0 Å². The number of hydrogen-bond donors (Lipinski definition) is 2. The number of ether oxygens (including phenoxy) is 1. The molecular weight excluding hydrogens is 362 g/mol. The fourth-order valence-corrected chi connectivity index (χ4v) is 3.47.